The third kappa shape index (κ3) is 3.57. The van der Waals surface area contributed by atoms with Crippen LogP contribution in [0.2, 0.25) is 0 Å². The van der Waals surface area contributed by atoms with E-state index in [9.17, 15) is 4.79 Å². The summed E-state index contributed by atoms with van der Waals surface area (Å²) in [6.45, 7) is 2.64. The van der Waals surface area contributed by atoms with Crippen LogP contribution in [0, 0.1) is 6.92 Å². The zero-order chi connectivity index (χ0) is 13.0. The molecule has 1 rings (SSSR count). The van der Waals surface area contributed by atoms with Crippen molar-refractivity contribution in [3.63, 3.8) is 0 Å². The molecule has 0 bridgehead atoms. The highest BCUT2D eigenvalue weighted by Gasteiger charge is 2.21. The first-order chi connectivity index (χ1) is 7.95. The predicted octanol–water partition coefficient (Wildman–Crippen LogP) is 0.608. The number of rotatable bonds is 5. The molecule has 0 fully saturated rings. The molecule has 1 atom stereocenters. The van der Waals surface area contributed by atoms with E-state index in [0.29, 0.717) is 13.1 Å². The van der Waals surface area contributed by atoms with Crippen molar-refractivity contribution in [1.29, 1.82) is 0 Å². The number of likely N-dealkylation sites (N-methyl/N-ethyl adjacent to an activating group) is 2. The maximum atomic E-state index is 11.6. The summed E-state index contributed by atoms with van der Waals surface area (Å²) >= 11 is 0. The molecule has 1 aromatic heterocycles. The van der Waals surface area contributed by atoms with E-state index in [1.165, 1.54) is 0 Å². The Morgan fingerprint density at radius 2 is 2.06 bits per heavy atom. The highest BCUT2D eigenvalue weighted by Crippen LogP contribution is 2.20. The number of aryl methyl sites for hydroxylation is 1. The fourth-order valence-corrected chi connectivity index (χ4v) is 1.61. The Labute approximate surface area is 102 Å². The van der Waals surface area contributed by atoms with Gasteiger partial charge in [-0.05, 0) is 26.1 Å². The van der Waals surface area contributed by atoms with Gasteiger partial charge in [0.15, 0.2) is 0 Å². The van der Waals surface area contributed by atoms with E-state index in [1.807, 2.05) is 31.0 Å². The molecule has 0 aliphatic carbocycles. The predicted molar refractivity (Wildman–Crippen MR) is 66.6 cm³/mol. The van der Waals surface area contributed by atoms with Gasteiger partial charge in [-0.1, -0.05) is 0 Å². The fraction of sp³-hybridized carbons (Fsp3) is 0.583. The van der Waals surface area contributed by atoms with E-state index in [-0.39, 0.29) is 11.9 Å². The second-order valence-corrected chi connectivity index (χ2v) is 4.40. The lowest BCUT2D eigenvalue weighted by Gasteiger charge is -2.25. The van der Waals surface area contributed by atoms with Gasteiger partial charge in [-0.25, -0.2) is 0 Å². The van der Waals surface area contributed by atoms with E-state index in [0.717, 1.165) is 11.5 Å². The van der Waals surface area contributed by atoms with E-state index in [2.05, 4.69) is 0 Å². The topological polar surface area (TPSA) is 62.7 Å². The molecule has 5 heteroatoms. The first-order valence-electron chi connectivity index (χ1n) is 5.62. The van der Waals surface area contributed by atoms with Crippen molar-refractivity contribution >= 4 is 5.91 Å². The van der Waals surface area contributed by atoms with Crippen molar-refractivity contribution in [3.8, 4) is 0 Å². The molecule has 0 saturated carbocycles. The number of amides is 1. The van der Waals surface area contributed by atoms with Crippen LogP contribution in [0.4, 0.5) is 0 Å². The highest BCUT2D eigenvalue weighted by molar-refractivity contribution is 5.77. The maximum absolute atomic E-state index is 11.6. The molecule has 1 unspecified atom stereocenters. The lowest BCUT2D eigenvalue weighted by Crippen LogP contribution is -2.38. The quantitative estimate of drug-likeness (QED) is 0.817. The highest BCUT2D eigenvalue weighted by atomic mass is 16.3. The van der Waals surface area contributed by atoms with Gasteiger partial charge >= 0.3 is 0 Å². The molecule has 1 heterocycles. The Kier molecular flexibility index (Phi) is 4.72. The molecule has 96 valence electrons. The Morgan fingerprint density at radius 1 is 1.41 bits per heavy atom. The number of hydrogen-bond donors (Lipinski definition) is 1. The van der Waals surface area contributed by atoms with Crippen molar-refractivity contribution in [2.45, 2.75) is 13.0 Å². The Hall–Kier alpha value is -1.33. The standard InChI is InChI=1S/C12H21N3O2/c1-9-5-6-11(17-9)10(7-13)15(4)8-12(16)14(2)3/h5-6,10H,7-8,13H2,1-4H3. The number of furan rings is 1. The Morgan fingerprint density at radius 3 is 2.47 bits per heavy atom. The molecule has 1 aromatic rings. The molecule has 2 N–H and O–H groups in total. The molecular weight excluding hydrogens is 218 g/mol. The van der Waals surface area contributed by atoms with Crippen LogP contribution in [0.15, 0.2) is 16.5 Å². The lowest BCUT2D eigenvalue weighted by atomic mass is 10.2. The minimum absolute atomic E-state index is 0.0502. The van der Waals surface area contributed by atoms with Crippen molar-refractivity contribution in [2.24, 2.45) is 5.73 Å². The summed E-state index contributed by atoms with van der Waals surface area (Å²) in [6.07, 6.45) is 0. The number of hydrogen-bond acceptors (Lipinski definition) is 4. The summed E-state index contributed by atoms with van der Waals surface area (Å²) in [7, 11) is 5.35. The molecule has 0 aromatic carbocycles. The van der Waals surface area contributed by atoms with Crippen LogP contribution in [-0.4, -0.2) is 49.9 Å². The average Bonchev–Trinajstić information content (AvgIpc) is 2.65. The van der Waals surface area contributed by atoms with Crippen LogP contribution in [0.5, 0.6) is 0 Å². The summed E-state index contributed by atoms with van der Waals surface area (Å²) in [5, 5.41) is 0. The van der Waals surface area contributed by atoms with Gasteiger partial charge < -0.3 is 15.1 Å². The normalized spacial score (nSPS) is 12.8. The zero-order valence-electron chi connectivity index (χ0n) is 10.9. The number of carbonyl (C=O) groups is 1. The van der Waals surface area contributed by atoms with Gasteiger partial charge in [0.05, 0.1) is 12.6 Å². The van der Waals surface area contributed by atoms with E-state index in [1.54, 1.807) is 19.0 Å². The van der Waals surface area contributed by atoms with Gasteiger partial charge in [0.25, 0.3) is 0 Å². The minimum atomic E-state index is -0.0624. The Bertz CT molecular complexity index is 374. The minimum Gasteiger partial charge on any atom is -0.465 e. The Balaban J connectivity index is 2.71. The number of nitrogens with zero attached hydrogens (tertiary/aromatic N) is 2. The van der Waals surface area contributed by atoms with Gasteiger partial charge in [0.1, 0.15) is 11.5 Å². The third-order valence-electron chi connectivity index (χ3n) is 2.73. The van der Waals surface area contributed by atoms with Gasteiger partial charge in [-0.2, -0.15) is 0 Å². The lowest BCUT2D eigenvalue weighted by molar-refractivity contribution is -0.130. The van der Waals surface area contributed by atoms with Crippen LogP contribution in [0.1, 0.15) is 17.6 Å². The first-order valence-corrected chi connectivity index (χ1v) is 5.62. The fourth-order valence-electron chi connectivity index (χ4n) is 1.61. The summed E-state index contributed by atoms with van der Waals surface area (Å²) in [5.74, 6) is 1.71. The number of nitrogens with two attached hydrogens (primary N) is 1. The molecule has 0 saturated heterocycles. The number of carbonyl (C=O) groups excluding carboxylic acids is 1. The van der Waals surface area contributed by atoms with E-state index >= 15 is 0 Å². The molecule has 5 nitrogen and oxygen atoms in total. The maximum Gasteiger partial charge on any atom is 0.236 e. The van der Waals surface area contributed by atoms with Crippen LogP contribution < -0.4 is 5.73 Å². The van der Waals surface area contributed by atoms with Crippen molar-refractivity contribution < 1.29 is 9.21 Å². The van der Waals surface area contributed by atoms with Crippen LogP contribution in [-0.2, 0) is 4.79 Å². The summed E-state index contributed by atoms with van der Waals surface area (Å²) in [6, 6.07) is 3.75. The van der Waals surface area contributed by atoms with Crippen molar-refractivity contribution in [3.05, 3.63) is 23.7 Å². The average molecular weight is 239 g/mol. The molecule has 0 radical (unpaired) electrons. The van der Waals surface area contributed by atoms with Gasteiger partial charge in [0, 0.05) is 20.6 Å². The summed E-state index contributed by atoms with van der Waals surface area (Å²) in [5.41, 5.74) is 5.74. The smallest absolute Gasteiger partial charge is 0.236 e. The second kappa shape index (κ2) is 5.84. The summed E-state index contributed by atoms with van der Waals surface area (Å²) < 4.78 is 5.55. The van der Waals surface area contributed by atoms with Gasteiger partial charge in [-0.3, -0.25) is 9.69 Å². The third-order valence-corrected chi connectivity index (χ3v) is 2.73. The van der Waals surface area contributed by atoms with Crippen molar-refractivity contribution in [1.82, 2.24) is 9.80 Å². The molecule has 17 heavy (non-hydrogen) atoms. The summed E-state index contributed by atoms with van der Waals surface area (Å²) in [4.78, 5) is 15.1. The zero-order valence-corrected chi connectivity index (χ0v) is 10.9. The van der Waals surface area contributed by atoms with Crippen LogP contribution >= 0.6 is 0 Å². The molecule has 0 aliphatic rings. The first kappa shape index (κ1) is 13.7. The molecule has 0 aliphatic heterocycles. The van der Waals surface area contributed by atoms with E-state index < -0.39 is 0 Å². The van der Waals surface area contributed by atoms with Crippen LogP contribution in [0.25, 0.3) is 0 Å². The van der Waals surface area contributed by atoms with Gasteiger partial charge in [-0.15, -0.1) is 0 Å². The largest absolute Gasteiger partial charge is 0.465 e. The molecule has 1 amide bonds. The van der Waals surface area contributed by atoms with Crippen molar-refractivity contribution in [2.75, 3.05) is 34.2 Å². The SMILES string of the molecule is Cc1ccc(C(CN)N(C)CC(=O)N(C)C)o1. The van der Waals surface area contributed by atoms with E-state index in [4.69, 9.17) is 10.2 Å². The van der Waals surface area contributed by atoms with Crippen LogP contribution in [0.3, 0.4) is 0 Å². The van der Waals surface area contributed by atoms with Gasteiger partial charge in [0.2, 0.25) is 5.91 Å². The molecule has 0 spiro atoms. The monoisotopic (exact) mass is 239 g/mol. The molecular formula is C12H21N3O2. The second-order valence-electron chi connectivity index (χ2n) is 4.40.